The van der Waals surface area contributed by atoms with E-state index in [9.17, 15) is 4.39 Å². The summed E-state index contributed by atoms with van der Waals surface area (Å²) >= 11 is 0. The first kappa shape index (κ1) is 16.0. The van der Waals surface area contributed by atoms with Crippen molar-refractivity contribution in [3.8, 4) is 11.4 Å². The molecular weight excluding hydrogens is 317 g/mol. The topological polar surface area (TPSA) is 66.5 Å². The van der Waals surface area contributed by atoms with Crippen molar-refractivity contribution in [2.75, 3.05) is 11.9 Å². The van der Waals surface area contributed by atoms with E-state index in [0.717, 1.165) is 28.7 Å². The van der Waals surface area contributed by atoms with Crippen molar-refractivity contribution in [2.45, 2.75) is 39.0 Å². The van der Waals surface area contributed by atoms with Crippen molar-refractivity contribution in [3.05, 3.63) is 36.0 Å². The van der Waals surface area contributed by atoms with Gasteiger partial charge in [0.2, 0.25) is 0 Å². The fourth-order valence-corrected chi connectivity index (χ4v) is 3.55. The lowest BCUT2D eigenvalue weighted by molar-refractivity contribution is 0.373. The highest BCUT2D eigenvalue weighted by molar-refractivity contribution is 5.92. The highest BCUT2D eigenvalue weighted by Gasteiger charge is 2.16. The van der Waals surface area contributed by atoms with E-state index in [0.29, 0.717) is 11.7 Å². The maximum atomic E-state index is 14.1. The summed E-state index contributed by atoms with van der Waals surface area (Å²) in [4.78, 5) is 16.1. The van der Waals surface area contributed by atoms with Gasteiger partial charge in [-0.1, -0.05) is 19.3 Å². The van der Waals surface area contributed by atoms with Gasteiger partial charge in [0, 0.05) is 29.9 Å². The number of aryl methyl sites for hydroxylation is 1. The van der Waals surface area contributed by atoms with E-state index < -0.39 is 5.82 Å². The normalized spacial score (nSPS) is 15.6. The SMILES string of the molecule is Cc1cnc2[nH]cc(-c3ncc(F)c(NCC4CCCCC4)n3)c2c1. The molecule has 25 heavy (non-hydrogen) atoms. The summed E-state index contributed by atoms with van der Waals surface area (Å²) in [6.07, 6.45) is 11.2. The van der Waals surface area contributed by atoms with E-state index in [1.807, 2.05) is 25.4 Å². The predicted octanol–water partition coefficient (Wildman–Crippen LogP) is 4.46. The van der Waals surface area contributed by atoms with Gasteiger partial charge in [0.05, 0.1) is 6.20 Å². The number of pyridine rings is 1. The summed E-state index contributed by atoms with van der Waals surface area (Å²) in [5.41, 5.74) is 2.68. The van der Waals surface area contributed by atoms with Crippen LogP contribution >= 0.6 is 0 Å². The van der Waals surface area contributed by atoms with E-state index >= 15 is 0 Å². The van der Waals surface area contributed by atoms with Gasteiger partial charge >= 0.3 is 0 Å². The predicted molar refractivity (Wildman–Crippen MR) is 96.9 cm³/mol. The Kier molecular flexibility index (Phi) is 4.34. The largest absolute Gasteiger partial charge is 0.367 e. The van der Waals surface area contributed by atoms with Gasteiger partial charge in [-0.2, -0.15) is 0 Å². The molecule has 0 amide bonds. The quantitative estimate of drug-likeness (QED) is 0.736. The van der Waals surface area contributed by atoms with Crippen LogP contribution in [0.4, 0.5) is 10.2 Å². The highest BCUT2D eigenvalue weighted by atomic mass is 19.1. The first-order valence-electron chi connectivity index (χ1n) is 8.91. The van der Waals surface area contributed by atoms with Gasteiger partial charge in [0.1, 0.15) is 5.65 Å². The van der Waals surface area contributed by atoms with Crippen LogP contribution in [0.25, 0.3) is 22.4 Å². The Labute approximate surface area is 146 Å². The molecule has 6 heteroatoms. The van der Waals surface area contributed by atoms with Gasteiger partial charge in [0.25, 0.3) is 0 Å². The van der Waals surface area contributed by atoms with Crippen molar-refractivity contribution in [1.82, 2.24) is 19.9 Å². The molecule has 0 aromatic carbocycles. The van der Waals surface area contributed by atoms with Crippen LogP contribution in [-0.2, 0) is 0 Å². The first-order valence-corrected chi connectivity index (χ1v) is 8.91. The molecule has 1 fully saturated rings. The van der Waals surface area contributed by atoms with Gasteiger partial charge in [-0.25, -0.2) is 19.3 Å². The second-order valence-corrected chi connectivity index (χ2v) is 6.89. The number of hydrogen-bond donors (Lipinski definition) is 2. The summed E-state index contributed by atoms with van der Waals surface area (Å²) in [7, 11) is 0. The average Bonchev–Trinajstić information content (AvgIpc) is 3.05. The van der Waals surface area contributed by atoms with Crippen LogP contribution in [0.3, 0.4) is 0 Å². The fourth-order valence-electron chi connectivity index (χ4n) is 3.55. The van der Waals surface area contributed by atoms with E-state index in [-0.39, 0.29) is 5.82 Å². The molecule has 0 radical (unpaired) electrons. The van der Waals surface area contributed by atoms with Gasteiger partial charge in [-0.15, -0.1) is 0 Å². The summed E-state index contributed by atoms with van der Waals surface area (Å²) in [5, 5.41) is 4.14. The van der Waals surface area contributed by atoms with Crippen LogP contribution in [-0.4, -0.2) is 26.5 Å². The van der Waals surface area contributed by atoms with Gasteiger partial charge in [0.15, 0.2) is 17.5 Å². The molecule has 0 unspecified atom stereocenters. The van der Waals surface area contributed by atoms with E-state index in [1.165, 1.54) is 38.3 Å². The minimum Gasteiger partial charge on any atom is -0.367 e. The van der Waals surface area contributed by atoms with Crippen LogP contribution in [0, 0.1) is 18.7 Å². The molecule has 3 aromatic rings. The maximum Gasteiger partial charge on any atom is 0.183 e. The molecule has 1 aliphatic rings. The molecule has 1 saturated carbocycles. The molecular formula is C19H22FN5. The van der Waals surface area contributed by atoms with Gasteiger partial charge in [-0.05, 0) is 37.3 Å². The standard InChI is InChI=1S/C19H22FN5/c1-12-7-14-15(10-23-17(14)21-8-12)18-24-11-16(20)19(25-18)22-9-13-5-3-2-4-6-13/h7-8,10-11,13H,2-6,9H2,1H3,(H,21,23)(H,22,24,25). The fraction of sp³-hybridized carbons (Fsp3) is 0.421. The zero-order chi connectivity index (χ0) is 17.2. The van der Waals surface area contributed by atoms with E-state index in [4.69, 9.17) is 0 Å². The molecule has 130 valence electrons. The average molecular weight is 339 g/mol. The van der Waals surface area contributed by atoms with Gasteiger partial charge in [-0.3, -0.25) is 0 Å². The monoisotopic (exact) mass is 339 g/mol. The summed E-state index contributed by atoms with van der Waals surface area (Å²) in [5.74, 6) is 0.983. The Bertz CT molecular complexity index is 883. The smallest absolute Gasteiger partial charge is 0.183 e. The third-order valence-electron chi connectivity index (χ3n) is 4.94. The van der Waals surface area contributed by atoms with Crippen molar-refractivity contribution in [2.24, 2.45) is 5.92 Å². The lowest BCUT2D eigenvalue weighted by Gasteiger charge is -2.22. The van der Waals surface area contributed by atoms with E-state index in [2.05, 4.69) is 25.3 Å². The molecule has 0 aliphatic heterocycles. The van der Waals surface area contributed by atoms with Gasteiger partial charge < -0.3 is 10.3 Å². The van der Waals surface area contributed by atoms with Crippen LogP contribution in [0.5, 0.6) is 0 Å². The molecule has 0 bridgehead atoms. The summed E-state index contributed by atoms with van der Waals surface area (Å²) < 4.78 is 14.1. The molecule has 2 N–H and O–H groups in total. The number of fused-ring (bicyclic) bond motifs is 1. The zero-order valence-electron chi connectivity index (χ0n) is 14.3. The molecule has 4 rings (SSSR count). The Morgan fingerprint density at radius 1 is 1.20 bits per heavy atom. The Balaban J connectivity index is 1.60. The molecule has 0 saturated heterocycles. The lowest BCUT2D eigenvalue weighted by atomic mass is 9.89. The first-order chi connectivity index (χ1) is 12.2. The molecule has 5 nitrogen and oxygen atoms in total. The molecule has 0 atom stereocenters. The second kappa shape index (κ2) is 6.78. The number of nitrogens with zero attached hydrogens (tertiary/aromatic N) is 3. The third-order valence-corrected chi connectivity index (χ3v) is 4.94. The molecule has 3 heterocycles. The highest BCUT2D eigenvalue weighted by Crippen LogP contribution is 2.28. The third kappa shape index (κ3) is 3.34. The number of rotatable bonds is 4. The summed E-state index contributed by atoms with van der Waals surface area (Å²) in [6.45, 7) is 2.76. The number of halogens is 1. The minimum atomic E-state index is -0.409. The number of aromatic nitrogens is 4. The maximum absolute atomic E-state index is 14.1. The van der Waals surface area contributed by atoms with E-state index in [1.54, 1.807) is 0 Å². The number of anilines is 1. The minimum absolute atomic E-state index is 0.283. The van der Waals surface area contributed by atoms with Crippen molar-refractivity contribution < 1.29 is 4.39 Å². The Morgan fingerprint density at radius 2 is 2.04 bits per heavy atom. The van der Waals surface area contributed by atoms with Crippen LogP contribution in [0.1, 0.15) is 37.7 Å². The number of aromatic amines is 1. The number of H-pyrrole nitrogens is 1. The van der Waals surface area contributed by atoms with Crippen LogP contribution in [0.15, 0.2) is 24.7 Å². The van der Waals surface area contributed by atoms with Crippen LogP contribution in [0.2, 0.25) is 0 Å². The van der Waals surface area contributed by atoms with Crippen molar-refractivity contribution >= 4 is 16.9 Å². The molecule has 1 aliphatic carbocycles. The van der Waals surface area contributed by atoms with Crippen LogP contribution < -0.4 is 5.32 Å². The lowest BCUT2D eigenvalue weighted by Crippen LogP contribution is -2.18. The zero-order valence-corrected chi connectivity index (χ0v) is 14.3. The van der Waals surface area contributed by atoms with Crippen molar-refractivity contribution in [3.63, 3.8) is 0 Å². The number of nitrogens with one attached hydrogen (secondary N) is 2. The Hall–Kier alpha value is -2.50. The molecule has 3 aromatic heterocycles. The number of hydrogen-bond acceptors (Lipinski definition) is 4. The molecule has 0 spiro atoms. The Morgan fingerprint density at radius 3 is 2.88 bits per heavy atom. The second-order valence-electron chi connectivity index (χ2n) is 6.89. The van der Waals surface area contributed by atoms with Crippen molar-refractivity contribution in [1.29, 1.82) is 0 Å². The summed E-state index contributed by atoms with van der Waals surface area (Å²) in [6, 6.07) is 2.04.